The lowest BCUT2D eigenvalue weighted by atomic mass is 9.93. The van der Waals surface area contributed by atoms with Crippen LogP contribution in [0.5, 0.6) is 0 Å². The van der Waals surface area contributed by atoms with Gasteiger partial charge in [-0.05, 0) is 61.9 Å². The van der Waals surface area contributed by atoms with Crippen molar-refractivity contribution in [1.29, 1.82) is 0 Å². The zero-order valence-corrected chi connectivity index (χ0v) is 20.7. The number of aliphatic hydroxyl groups is 1. The Balaban J connectivity index is 1.38. The van der Waals surface area contributed by atoms with Crippen LogP contribution in [0.1, 0.15) is 56.9 Å². The molecule has 0 bridgehead atoms. The molecule has 5 nitrogen and oxygen atoms in total. The third-order valence-electron chi connectivity index (χ3n) is 7.49. The quantitative estimate of drug-likeness (QED) is 0.350. The molecule has 0 unspecified atom stereocenters. The predicted molar refractivity (Wildman–Crippen MR) is 141 cm³/mol. The van der Waals surface area contributed by atoms with Crippen molar-refractivity contribution >= 4 is 5.91 Å². The SMILES string of the molecule is NC(=O)CCC/C=C\C[C@@H]1[C@@H](N2CCCCC2)[C@H](O)C[C@@H]1OCc1ccc(-c2ccccc2)cc1. The first-order valence-corrected chi connectivity index (χ1v) is 13.2. The molecule has 0 radical (unpaired) electrons. The Bertz CT molecular complexity index is 938. The number of amides is 1. The van der Waals surface area contributed by atoms with Crippen LogP contribution in [0.25, 0.3) is 11.1 Å². The van der Waals surface area contributed by atoms with Crippen molar-refractivity contribution in [3.8, 4) is 11.1 Å². The second kappa shape index (κ2) is 13.0. The average molecular weight is 477 g/mol. The van der Waals surface area contributed by atoms with Crippen LogP contribution in [-0.2, 0) is 16.1 Å². The fourth-order valence-electron chi connectivity index (χ4n) is 5.66. The molecule has 3 N–H and O–H groups in total. The van der Waals surface area contributed by atoms with Gasteiger partial charge >= 0.3 is 0 Å². The van der Waals surface area contributed by atoms with Crippen LogP contribution in [0, 0.1) is 5.92 Å². The minimum absolute atomic E-state index is 0.0287. The maximum absolute atomic E-state index is 11.0. The summed E-state index contributed by atoms with van der Waals surface area (Å²) < 4.78 is 6.47. The van der Waals surface area contributed by atoms with Crippen LogP contribution < -0.4 is 5.73 Å². The van der Waals surface area contributed by atoms with Gasteiger partial charge in [0.2, 0.25) is 5.91 Å². The summed E-state index contributed by atoms with van der Waals surface area (Å²) in [5.74, 6) is 0.0202. The first-order valence-electron chi connectivity index (χ1n) is 13.2. The molecule has 1 amide bonds. The molecule has 1 aliphatic carbocycles. The lowest BCUT2D eigenvalue weighted by Gasteiger charge is -2.37. The molecule has 2 aliphatic rings. The number of benzene rings is 2. The van der Waals surface area contributed by atoms with E-state index >= 15 is 0 Å². The van der Waals surface area contributed by atoms with Gasteiger partial charge in [-0.2, -0.15) is 0 Å². The Morgan fingerprint density at radius 1 is 1.00 bits per heavy atom. The Morgan fingerprint density at radius 2 is 1.71 bits per heavy atom. The van der Waals surface area contributed by atoms with Crippen LogP contribution in [-0.4, -0.2) is 47.3 Å². The van der Waals surface area contributed by atoms with Crippen molar-refractivity contribution < 1.29 is 14.6 Å². The van der Waals surface area contributed by atoms with Crippen LogP contribution in [0.4, 0.5) is 0 Å². The summed E-state index contributed by atoms with van der Waals surface area (Å²) in [6.45, 7) is 2.68. The van der Waals surface area contributed by atoms with E-state index in [0.717, 1.165) is 37.9 Å². The Kier molecular flexibility index (Phi) is 9.52. The van der Waals surface area contributed by atoms with E-state index in [0.29, 0.717) is 19.4 Å². The van der Waals surface area contributed by atoms with Crippen LogP contribution in [0.2, 0.25) is 0 Å². The fraction of sp³-hybridized carbons (Fsp3) is 0.500. The predicted octanol–water partition coefficient (Wildman–Crippen LogP) is 5.08. The Morgan fingerprint density at radius 3 is 2.43 bits per heavy atom. The number of carbonyl (C=O) groups excluding carboxylic acids is 1. The van der Waals surface area contributed by atoms with Crippen LogP contribution in [0.15, 0.2) is 66.7 Å². The van der Waals surface area contributed by atoms with Crippen LogP contribution in [0.3, 0.4) is 0 Å². The number of aliphatic hydroxyl groups excluding tert-OH is 1. The zero-order chi connectivity index (χ0) is 24.5. The van der Waals surface area contributed by atoms with E-state index in [1.54, 1.807) is 0 Å². The molecular formula is C30H40N2O3. The van der Waals surface area contributed by atoms with Gasteiger partial charge in [0.15, 0.2) is 0 Å². The summed E-state index contributed by atoms with van der Waals surface area (Å²) in [5.41, 5.74) is 8.82. The first kappa shape index (κ1) is 25.6. The molecule has 2 fully saturated rings. The van der Waals surface area contributed by atoms with Gasteiger partial charge in [0.25, 0.3) is 0 Å². The number of hydrogen-bond acceptors (Lipinski definition) is 4. The van der Waals surface area contributed by atoms with Crippen molar-refractivity contribution in [2.75, 3.05) is 13.1 Å². The number of nitrogens with zero attached hydrogens (tertiary/aromatic N) is 1. The second-order valence-electron chi connectivity index (χ2n) is 10.0. The van der Waals surface area contributed by atoms with Gasteiger partial charge in [0.05, 0.1) is 18.8 Å². The number of ether oxygens (including phenoxy) is 1. The zero-order valence-electron chi connectivity index (χ0n) is 20.7. The van der Waals surface area contributed by atoms with Gasteiger partial charge in [0.1, 0.15) is 0 Å². The number of allylic oxidation sites excluding steroid dienone is 2. The van der Waals surface area contributed by atoms with Gasteiger partial charge in [-0.1, -0.05) is 73.2 Å². The molecule has 35 heavy (non-hydrogen) atoms. The van der Waals surface area contributed by atoms with E-state index in [1.807, 2.05) is 6.07 Å². The summed E-state index contributed by atoms with van der Waals surface area (Å²) in [4.78, 5) is 13.5. The summed E-state index contributed by atoms with van der Waals surface area (Å²) in [6.07, 6.45) is 11.4. The lowest BCUT2D eigenvalue weighted by molar-refractivity contribution is -0.118. The van der Waals surface area contributed by atoms with Crippen molar-refractivity contribution in [3.63, 3.8) is 0 Å². The average Bonchev–Trinajstić information content (AvgIpc) is 3.20. The number of nitrogens with two attached hydrogens (primary N) is 1. The fourth-order valence-corrected chi connectivity index (χ4v) is 5.66. The summed E-state index contributed by atoms with van der Waals surface area (Å²) in [7, 11) is 0. The molecule has 1 aliphatic heterocycles. The highest BCUT2D eigenvalue weighted by atomic mass is 16.5. The standard InChI is InChI=1S/C30H40N2O3/c31-29(34)14-8-2-1-7-13-26-28(21-27(33)30(26)32-19-9-4-10-20-32)35-22-23-15-17-25(18-16-23)24-11-5-3-6-12-24/h1,3,5-7,11-12,15-18,26-28,30,33H,2,4,8-10,13-14,19-22H2,(H2,31,34)/b7-1-/t26-,27+,28-,30+/m0/s1. The van der Waals surface area contributed by atoms with Crippen molar-refractivity contribution in [2.24, 2.45) is 11.7 Å². The topological polar surface area (TPSA) is 75.8 Å². The third kappa shape index (κ3) is 7.26. The van der Waals surface area contributed by atoms with Crippen LogP contribution >= 0.6 is 0 Å². The number of carbonyl (C=O) groups is 1. The smallest absolute Gasteiger partial charge is 0.217 e. The third-order valence-corrected chi connectivity index (χ3v) is 7.49. The van der Waals surface area contributed by atoms with Gasteiger partial charge in [-0.25, -0.2) is 0 Å². The summed E-state index contributed by atoms with van der Waals surface area (Å²) in [6, 6.07) is 19.1. The molecule has 4 rings (SSSR count). The molecule has 2 aromatic rings. The molecule has 1 heterocycles. The second-order valence-corrected chi connectivity index (χ2v) is 10.0. The Labute approximate surface area is 210 Å². The number of rotatable bonds is 11. The first-order chi connectivity index (χ1) is 17.1. The highest BCUT2D eigenvalue weighted by Crippen LogP contribution is 2.37. The van der Waals surface area contributed by atoms with Gasteiger partial charge in [0, 0.05) is 24.8 Å². The molecule has 1 saturated heterocycles. The molecule has 0 aromatic heterocycles. The highest BCUT2D eigenvalue weighted by Gasteiger charge is 2.45. The van der Waals surface area contributed by atoms with E-state index in [2.05, 4.69) is 65.6 Å². The normalized spacial score (nSPS) is 25.3. The largest absolute Gasteiger partial charge is 0.391 e. The van der Waals surface area contributed by atoms with Crippen molar-refractivity contribution in [2.45, 2.75) is 76.2 Å². The van der Waals surface area contributed by atoms with E-state index in [4.69, 9.17) is 10.5 Å². The number of likely N-dealkylation sites (tertiary alicyclic amines) is 1. The van der Waals surface area contributed by atoms with E-state index in [-0.39, 0.29) is 30.1 Å². The number of hydrogen-bond donors (Lipinski definition) is 2. The Hall–Kier alpha value is -2.47. The number of unbranched alkanes of at least 4 members (excludes halogenated alkanes) is 1. The monoisotopic (exact) mass is 476 g/mol. The van der Waals surface area contributed by atoms with E-state index in [1.165, 1.54) is 30.4 Å². The minimum atomic E-state index is -0.355. The molecule has 1 saturated carbocycles. The van der Waals surface area contributed by atoms with E-state index in [9.17, 15) is 9.90 Å². The summed E-state index contributed by atoms with van der Waals surface area (Å²) in [5, 5.41) is 11.0. The maximum Gasteiger partial charge on any atom is 0.217 e. The van der Waals surface area contributed by atoms with Crippen molar-refractivity contribution in [1.82, 2.24) is 4.90 Å². The van der Waals surface area contributed by atoms with E-state index < -0.39 is 0 Å². The number of primary amides is 1. The molecule has 4 atom stereocenters. The molecule has 0 spiro atoms. The minimum Gasteiger partial charge on any atom is -0.391 e. The molecule has 5 heteroatoms. The molecular weight excluding hydrogens is 436 g/mol. The van der Waals surface area contributed by atoms with Gasteiger partial charge in [-0.15, -0.1) is 0 Å². The molecule has 188 valence electrons. The van der Waals surface area contributed by atoms with Gasteiger partial charge < -0.3 is 15.6 Å². The lowest BCUT2D eigenvalue weighted by Crippen LogP contribution is -2.47. The molecule has 2 aromatic carbocycles. The van der Waals surface area contributed by atoms with Crippen molar-refractivity contribution in [3.05, 3.63) is 72.3 Å². The maximum atomic E-state index is 11.0. The summed E-state index contributed by atoms with van der Waals surface area (Å²) >= 11 is 0. The highest BCUT2D eigenvalue weighted by molar-refractivity contribution is 5.73. The van der Waals surface area contributed by atoms with Gasteiger partial charge in [-0.3, -0.25) is 9.69 Å². The number of piperidine rings is 1.